The maximum Gasteiger partial charge on any atom is 0.407 e. The number of hydrogen-bond donors (Lipinski definition) is 1. The Labute approximate surface area is 96.7 Å². The van der Waals surface area contributed by atoms with E-state index in [2.05, 4.69) is 10.1 Å². The summed E-state index contributed by atoms with van der Waals surface area (Å²) in [5.41, 5.74) is -0.342. The molecule has 0 spiro atoms. The molecule has 1 aliphatic rings. The van der Waals surface area contributed by atoms with Crippen molar-refractivity contribution in [2.75, 3.05) is 7.11 Å². The fourth-order valence-electron chi connectivity index (χ4n) is 2.21. The second-order valence-electron chi connectivity index (χ2n) is 5.39. The second-order valence-corrected chi connectivity index (χ2v) is 5.39. The third-order valence-electron chi connectivity index (χ3n) is 3.08. The summed E-state index contributed by atoms with van der Waals surface area (Å²) in [7, 11) is 1.34. The monoisotopic (exact) mass is 227 g/mol. The van der Waals surface area contributed by atoms with Gasteiger partial charge < -0.3 is 10.1 Å². The van der Waals surface area contributed by atoms with Crippen LogP contribution in [0.15, 0.2) is 0 Å². The Bertz CT molecular complexity index is 280. The van der Waals surface area contributed by atoms with Gasteiger partial charge in [0.15, 0.2) is 0 Å². The van der Waals surface area contributed by atoms with Gasteiger partial charge in [0.25, 0.3) is 0 Å². The van der Waals surface area contributed by atoms with Gasteiger partial charge in [0.05, 0.1) is 7.11 Å². The Kier molecular flexibility index (Phi) is 3.94. The van der Waals surface area contributed by atoms with E-state index in [4.69, 9.17) is 0 Å². The van der Waals surface area contributed by atoms with Crippen molar-refractivity contribution in [2.45, 2.75) is 46.1 Å². The number of alkyl carbamates (subject to hydrolysis) is 1. The lowest BCUT2D eigenvalue weighted by molar-refractivity contribution is -0.130. The number of rotatable bonds is 2. The van der Waals surface area contributed by atoms with E-state index in [1.807, 2.05) is 20.8 Å². The van der Waals surface area contributed by atoms with Crippen LogP contribution in [0.1, 0.15) is 40.0 Å². The van der Waals surface area contributed by atoms with Crippen LogP contribution in [0.4, 0.5) is 4.79 Å². The molecule has 92 valence electrons. The molecule has 4 heteroatoms. The molecule has 0 saturated heterocycles. The summed E-state index contributed by atoms with van der Waals surface area (Å²) in [4.78, 5) is 23.3. The first kappa shape index (κ1) is 13.0. The fourth-order valence-corrected chi connectivity index (χ4v) is 2.21. The summed E-state index contributed by atoms with van der Waals surface area (Å²) in [6, 6.07) is -0.0563. The molecule has 0 aliphatic heterocycles. The van der Waals surface area contributed by atoms with Crippen molar-refractivity contribution in [3.63, 3.8) is 0 Å². The van der Waals surface area contributed by atoms with Crippen molar-refractivity contribution in [1.29, 1.82) is 0 Å². The lowest BCUT2D eigenvalue weighted by Gasteiger charge is -2.26. The van der Waals surface area contributed by atoms with Gasteiger partial charge in [-0.25, -0.2) is 4.79 Å². The van der Waals surface area contributed by atoms with E-state index in [0.717, 1.165) is 19.3 Å². The average molecular weight is 227 g/mol. The highest BCUT2D eigenvalue weighted by Crippen LogP contribution is 2.32. The molecule has 16 heavy (non-hydrogen) atoms. The predicted molar refractivity (Wildman–Crippen MR) is 61.1 cm³/mol. The molecule has 1 N–H and O–H groups in total. The van der Waals surface area contributed by atoms with Crippen LogP contribution in [-0.4, -0.2) is 25.0 Å². The van der Waals surface area contributed by atoms with E-state index in [0.29, 0.717) is 0 Å². The minimum atomic E-state index is -0.446. The molecule has 2 atom stereocenters. The Hall–Kier alpha value is -1.06. The molecular formula is C12H21NO3. The maximum absolute atomic E-state index is 12.2. The fraction of sp³-hybridized carbons (Fsp3) is 0.833. The smallest absolute Gasteiger partial charge is 0.407 e. The van der Waals surface area contributed by atoms with Crippen molar-refractivity contribution in [1.82, 2.24) is 5.32 Å². The number of nitrogens with one attached hydrogen (secondary N) is 1. The number of carbonyl (C=O) groups excluding carboxylic acids is 2. The lowest BCUT2D eigenvalue weighted by atomic mass is 9.81. The van der Waals surface area contributed by atoms with E-state index < -0.39 is 6.09 Å². The zero-order chi connectivity index (χ0) is 12.3. The Morgan fingerprint density at radius 3 is 2.38 bits per heavy atom. The highest BCUT2D eigenvalue weighted by atomic mass is 16.5. The van der Waals surface area contributed by atoms with Crippen molar-refractivity contribution in [3.8, 4) is 0 Å². The minimum Gasteiger partial charge on any atom is -0.453 e. The van der Waals surface area contributed by atoms with Crippen molar-refractivity contribution in [2.24, 2.45) is 11.3 Å². The van der Waals surface area contributed by atoms with Crippen LogP contribution >= 0.6 is 0 Å². The van der Waals surface area contributed by atoms with Gasteiger partial charge in [0.1, 0.15) is 5.78 Å². The summed E-state index contributed by atoms with van der Waals surface area (Å²) >= 11 is 0. The normalized spacial score (nSPS) is 25.2. The van der Waals surface area contributed by atoms with Crippen LogP contribution in [-0.2, 0) is 9.53 Å². The lowest BCUT2D eigenvalue weighted by Crippen LogP contribution is -2.43. The molecule has 0 bridgehead atoms. The van der Waals surface area contributed by atoms with Gasteiger partial charge >= 0.3 is 6.09 Å². The van der Waals surface area contributed by atoms with Gasteiger partial charge in [0.2, 0.25) is 0 Å². The van der Waals surface area contributed by atoms with Crippen LogP contribution < -0.4 is 5.32 Å². The summed E-state index contributed by atoms with van der Waals surface area (Å²) in [6.45, 7) is 5.76. The first-order valence-electron chi connectivity index (χ1n) is 5.75. The summed E-state index contributed by atoms with van der Waals surface area (Å²) in [6.07, 6.45) is 2.27. The topological polar surface area (TPSA) is 55.4 Å². The molecule has 0 aromatic rings. The number of ether oxygens (including phenoxy) is 1. The van der Waals surface area contributed by atoms with Gasteiger partial charge in [-0.3, -0.25) is 4.79 Å². The number of ketones is 1. The molecule has 4 nitrogen and oxygen atoms in total. The van der Waals surface area contributed by atoms with Gasteiger partial charge in [-0.15, -0.1) is 0 Å². The summed E-state index contributed by atoms with van der Waals surface area (Å²) < 4.78 is 4.56. The Balaban J connectivity index is 2.66. The van der Waals surface area contributed by atoms with Crippen molar-refractivity contribution >= 4 is 11.9 Å². The minimum absolute atomic E-state index is 0.0563. The molecule has 1 amide bonds. The molecule has 1 rings (SSSR count). The van der Waals surface area contributed by atoms with Crippen LogP contribution in [0.3, 0.4) is 0 Å². The van der Waals surface area contributed by atoms with Crippen LogP contribution in [0.25, 0.3) is 0 Å². The standard InChI is InChI=1S/C12H21NO3/c1-12(2,3)10(14)8-6-5-7-9(8)13-11(15)16-4/h8-9H,5-7H2,1-4H3,(H,13,15)/t8-,9-/m0/s1. The molecule has 0 unspecified atom stereocenters. The molecule has 0 heterocycles. The third-order valence-corrected chi connectivity index (χ3v) is 3.08. The molecule has 1 aliphatic carbocycles. The predicted octanol–water partition coefficient (Wildman–Crippen LogP) is 2.13. The highest BCUT2D eigenvalue weighted by Gasteiger charge is 2.38. The van der Waals surface area contributed by atoms with Gasteiger partial charge in [-0.2, -0.15) is 0 Å². The van der Waals surface area contributed by atoms with Gasteiger partial charge in [-0.05, 0) is 12.8 Å². The molecule has 0 aromatic heterocycles. The highest BCUT2D eigenvalue weighted by molar-refractivity contribution is 5.87. The van der Waals surface area contributed by atoms with E-state index in [9.17, 15) is 9.59 Å². The molecule has 0 aromatic carbocycles. The summed E-state index contributed by atoms with van der Waals surface area (Å²) in [5.74, 6) is 0.172. The number of methoxy groups -OCH3 is 1. The number of carbonyl (C=O) groups is 2. The number of hydrogen-bond acceptors (Lipinski definition) is 3. The van der Waals surface area contributed by atoms with Crippen LogP contribution in [0.5, 0.6) is 0 Å². The Morgan fingerprint density at radius 1 is 1.25 bits per heavy atom. The Morgan fingerprint density at radius 2 is 1.88 bits per heavy atom. The maximum atomic E-state index is 12.2. The van der Waals surface area contributed by atoms with E-state index in [1.54, 1.807) is 0 Å². The molecular weight excluding hydrogens is 206 g/mol. The van der Waals surface area contributed by atoms with E-state index >= 15 is 0 Å². The number of Topliss-reactive ketones (excluding diaryl/α,β-unsaturated/α-hetero) is 1. The van der Waals surface area contributed by atoms with Gasteiger partial charge in [-0.1, -0.05) is 27.2 Å². The SMILES string of the molecule is COC(=O)N[C@H]1CCC[C@@H]1C(=O)C(C)(C)C. The molecule has 1 fully saturated rings. The zero-order valence-electron chi connectivity index (χ0n) is 10.5. The number of amides is 1. The van der Waals surface area contributed by atoms with Crippen LogP contribution in [0.2, 0.25) is 0 Å². The summed E-state index contributed by atoms with van der Waals surface area (Å²) in [5, 5.41) is 2.75. The van der Waals surface area contributed by atoms with Gasteiger partial charge in [0, 0.05) is 17.4 Å². The van der Waals surface area contributed by atoms with Crippen molar-refractivity contribution < 1.29 is 14.3 Å². The van der Waals surface area contributed by atoms with Crippen LogP contribution in [0, 0.1) is 11.3 Å². The molecule has 1 saturated carbocycles. The zero-order valence-corrected chi connectivity index (χ0v) is 10.5. The first-order chi connectivity index (χ1) is 7.36. The van der Waals surface area contributed by atoms with Crippen molar-refractivity contribution in [3.05, 3.63) is 0 Å². The third kappa shape index (κ3) is 2.97. The largest absolute Gasteiger partial charge is 0.453 e. The quantitative estimate of drug-likeness (QED) is 0.786. The average Bonchev–Trinajstić information content (AvgIpc) is 2.63. The second kappa shape index (κ2) is 4.85. The van der Waals surface area contributed by atoms with E-state index in [1.165, 1.54) is 7.11 Å². The molecule has 0 radical (unpaired) electrons. The first-order valence-corrected chi connectivity index (χ1v) is 5.75. The van der Waals surface area contributed by atoms with E-state index in [-0.39, 0.29) is 23.2 Å².